The molecule has 40 heteroatoms. The van der Waals surface area contributed by atoms with Crippen LogP contribution in [0.3, 0.4) is 0 Å². The van der Waals surface area contributed by atoms with Crippen molar-refractivity contribution in [2.45, 2.75) is 204 Å². The molecule has 8 aromatic carbocycles. The highest BCUT2D eigenvalue weighted by atomic mass is 32.2. The standard InChI is InChI=1S/C33H34FO8PS.C19H22FO8PS.C19H32FO6PS.C11H16FO6PS/c1-24(2)28-19-31(34)30(32(20-28)44(3,37)38)23-39-33(35)18-25-14-16-29(17-15-25)42-43(36,40-21-26-10-6-4-7-11-26)41-22-27-12-8-5-9-13-27;1-12(2)14-9-17(20)16(18(10-14)30(3,25)26)11-27-19(21)8-13-4-6-15(7-5-13)28-29(22,23)24;1-13(2)14-10-16(20)15(17(11-14)28(9,22)23)12-24-27(21,25-18(3,4)5)26-19(6,7)8;1-7(2)8-4-10(12)9(6-18-19(13,14)15)11(5-8)20(3,16)17/h4-17,19-20,24H,18,21-23H2,1-3H3;4-7,9-10,12H,8,11H2,1-3H3,(H2,22,23,24);10-11,13H,12H2,1-9H3;4-5,7H,6H2,1-3H3,(H2,13,14,15). The highest BCUT2D eigenvalue weighted by Crippen LogP contribution is 2.57. The summed E-state index contributed by atoms with van der Waals surface area (Å²) in [5.74, 6) is -4.78. The highest BCUT2D eigenvalue weighted by molar-refractivity contribution is 7.91. The summed E-state index contributed by atoms with van der Waals surface area (Å²) in [5, 5.41) is 0. The van der Waals surface area contributed by atoms with E-state index in [0.717, 1.165) is 42.2 Å². The molecule has 8 rings (SSSR count). The van der Waals surface area contributed by atoms with Gasteiger partial charge >= 0.3 is 43.2 Å². The molecule has 0 saturated heterocycles. The first-order valence-electron chi connectivity index (χ1n) is 37.3. The van der Waals surface area contributed by atoms with Gasteiger partial charge in [-0.3, -0.25) is 46.5 Å². The van der Waals surface area contributed by atoms with Gasteiger partial charge in [0.05, 0.1) is 70.1 Å². The van der Waals surface area contributed by atoms with Crippen molar-refractivity contribution in [2.24, 2.45) is 0 Å². The third-order valence-corrected chi connectivity index (χ3v) is 25.6. The molecular weight excluding hydrogens is 1760 g/mol. The number of ether oxygens (including phenoxy) is 2. The van der Waals surface area contributed by atoms with E-state index in [1.165, 1.54) is 78.9 Å². The Morgan fingerprint density at radius 3 is 0.861 bits per heavy atom. The first-order valence-corrected chi connectivity index (χ1v) is 50.8. The molecule has 0 amide bonds. The van der Waals surface area contributed by atoms with Gasteiger partial charge in [0.1, 0.15) is 48.0 Å². The Balaban J connectivity index is 0.000000301. The molecule has 28 nitrogen and oxygen atoms in total. The molecule has 0 fully saturated rings. The van der Waals surface area contributed by atoms with Gasteiger partial charge < -0.3 is 28.3 Å². The second kappa shape index (κ2) is 44.0. The Morgan fingerprint density at radius 2 is 0.607 bits per heavy atom. The number of hydrogen-bond donors (Lipinski definition) is 4. The van der Waals surface area contributed by atoms with Gasteiger partial charge in [0.15, 0.2) is 39.3 Å². The minimum absolute atomic E-state index is 0.00132. The number of rotatable bonds is 34. The van der Waals surface area contributed by atoms with E-state index < -0.39 is 143 Å². The molecule has 0 heterocycles. The van der Waals surface area contributed by atoms with E-state index in [2.05, 4.69) is 9.05 Å². The Kier molecular flexibility index (Phi) is 37.8. The first kappa shape index (κ1) is 105. The molecule has 672 valence electrons. The molecule has 0 atom stereocenters. The topological polar surface area (TPSA) is 412 Å². The SMILES string of the molecule is CC(C)c1cc(F)c(COC(=O)Cc2ccc(OP(=O)(O)O)cc2)c(S(C)(=O)=O)c1.CC(C)c1cc(F)c(COC(=O)Cc2ccc(OP(=O)(OCc3ccccc3)OCc3ccccc3)cc2)c(S(C)(=O)=O)c1.CC(C)c1cc(F)c(COP(=O)(O)O)c(S(C)(=O)=O)c1.CC(C)c1cc(F)c(COP(=O)(OC(C)(C)C)OC(C)(C)C)c(S(C)(=O)=O)c1. The number of carbonyl (C=O) groups is 2. The first-order chi connectivity index (χ1) is 55.9. The summed E-state index contributed by atoms with van der Waals surface area (Å²) in [6, 6.07) is 40.3. The predicted octanol–water partition coefficient (Wildman–Crippen LogP) is 18.2. The summed E-state index contributed by atoms with van der Waals surface area (Å²) < 4.78 is 255. The lowest BCUT2D eigenvalue weighted by atomic mass is 10.0. The van der Waals surface area contributed by atoms with Crippen LogP contribution in [-0.4, -0.2) is 101 Å². The normalized spacial score (nSPS) is 12.6. The zero-order valence-electron chi connectivity index (χ0n) is 70.5. The Labute approximate surface area is 710 Å². The molecule has 8 aromatic rings. The van der Waals surface area contributed by atoms with E-state index in [-0.39, 0.29) is 103 Å². The third kappa shape index (κ3) is 36.1. The average molecular weight is 1870 g/mol. The lowest BCUT2D eigenvalue weighted by Gasteiger charge is -2.31. The Hall–Kier alpha value is -7.66. The van der Waals surface area contributed by atoms with Crippen LogP contribution < -0.4 is 9.05 Å². The Bertz CT molecular complexity index is 5560. The van der Waals surface area contributed by atoms with Crippen LogP contribution in [0.2, 0.25) is 0 Å². The minimum Gasteiger partial charge on any atom is -0.460 e. The summed E-state index contributed by atoms with van der Waals surface area (Å²) in [4.78, 5) is 58.5. The van der Waals surface area contributed by atoms with Gasteiger partial charge in [0.2, 0.25) is 0 Å². The molecule has 0 radical (unpaired) electrons. The second-order valence-corrected chi connectivity index (χ2v) is 44.6. The quantitative estimate of drug-likeness (QED) is 0.0165. The second-order valence-electron chi connectivity index (χ2n) is 31.1. The number of halogens is 4. The fourth-order valence-corrected chi connectivity index (χ4v) is 18.1. The van der Waals surface area contributed by atoms with Crippen molar-refractivity contribution in [3.05, 3.63) is 248 Å². The lowest BCUT2D eigenvalue weighted by molar-refractivity contribution is -0.145. The van der Waals surface area contributed by atoms with E-state index in [1.807, 2.05) is 88.4 Å². The number of phosphoric acid groups is 4. The number of sulfone groups is 4. The molecule has 0 aromatic heterocycles. The van der Waals surface area contributed by atoms with Crippen LogP contribution in [0.1, 0.15) is 187 Å². The van der Waals surface area contributed by atoms with Crippen molar-refractivity contribution < 1.29 is 144 Å². The number of hydrogen-bond acceptors (Lipinski definition) is 24. The van der Waals surface area contributed by atoms with E-state index in [0.29, 0.717) is 33.4 Å². The predicted molar refractivity (Wildman–Crippen MR) is 449 cm³/mol. The van der Waals surface area contributed by atoms with Crippen molar-refractivity contribution in [3.8, 4) is 11.5 Å². The summed E-state index contributed by atoms with van der Waals surface area (Å²) in [6.07, 6.45) is 3.44. The molecule has 0 aliphatic heterocycles. The van der Waals surface area contributed by atoms with E-state index >= 15 is 0 Å². The largest absolute Gasteiger partial charge is 0.530 e. The molecule has 0 aliphatic rings. The van der Waals surface area contributed by atoms with Gasteiger partial charge in [-0.2, -0.15) is 0 Å². The Morgan fingerprint density at radius 1 is 0.344 bits per heavy atom. The van der Waals surface area contributed by atoms with Gasteiger partial charge in [-0.15, -0.1) is 0 Å². The van der Waals surface area contributed by atoms with Crippen molar-refractivity contribution in [1.29, 1.82) is 0 Å². The van der Waals surface area contributed by atoms with Crippen LogP contribution in [0.4, 0.5) is 17.6 Å². The highest BCUT2D eigenvalue weighted by Gasteiger charge is 2.39. The van der Waals surface area contributed by atoms with Crippen LogP contribution in [0.15, 0.2) is 177 Å². The lowest BCUT2D eigenvalue weighted by Crippen LogP contribution is -2.24. The van der Waals surface area contributed by atoms with Crippen LogP contribution >= 0.6 is 31.3 Å². The maximum atomic E-state index is 14.8. The zero-order valence-corrected chi connectivity index (χ0v) is 77.3. The molecule has 0 unspecified atom stereocenters. The summed E-state index contributed by atoms with van der Waals surface area (Å²) in [6.45, 7) is 22.0. The van der Waals surface area contributed by atoms with Crippen molar-refractivity contribution in [3.63, 3.8) is 0 Å². The number of phosphoric ester groups is 4. The van der Waals surface area contributed by atoms with E-state index in [1.54, 1.807) is 81.4 Å². The smallest absolute Gasteiger partial charge is 0.460 e. The molecule has 4 N–H and O–H groups in total. The monoisotopic (exact) mass is 1860 g/mol. The number of benzene rings is 8. The van der Waals surface area contributed by atoms with Crippen LogP contribution in [0, 0.1) is 23.3 Å². The zero-order chi connectivity index (χ0) is 92.3. The van der Waals surface area contributed by atoms with Gasteiger partial charge in [0, 0.05) is 47.3 Å². The average Bonchev–Trinajstić information content (AvgIpc) is 0.766. The number of carbonyl (C=O) groups excluding carboxylic acids is 2. The maximum Gasteiger partial charge on any atom is 0.530 e. The van der Waals surface area contributed by atoms with Crippen molar-refractivity contribution >= 4 is 82.6 Å². The molecule has 122 heavy (non-hydrogen) atoms. The fourth-order valence-electron chi connectivity index (χ4n) is 10.7. The molecule has 0 aliphatic carbocycles. The van der Waals surface area contributed by atoms with Gasteiger partial charge in [-0.1, -0.05) is 140 Å². The van der Waals surface area contributed by atoms with Crippen LogP contribution in [-0.2, 0) is 156 Å². The van der Waals surface area contributed by atoms with Crippen LogP contribution in [0.5, 0.6) is 11.5 Å². The molecule has 0 spiro atoms. The molecular formula is C82H104F4O28P4S4. The van der Waals surface area contributed by atoms with E-state index in [9.17, 15) is 79.1 Å². The number of esters is 2. The molecule has 0 saturated carbocycles. The summed E-state index contributed by atoms with van der Waals surface area (Å²) in [5.41, 5.74) is 1.88. The third-order valence-electron chi connectivity index (χ3n) is 16.7. The van der Waals surface area contributed by atoms with Crippen molar-refractivity contribution in [1.82, 2.24) is 0 Å². The molecule has 0 bridgehead atoms. The fraction of sp³-hybridized carbons (Fsp3) is 0.390. The van der Waals surface area contributed by atoms with Gasteiger partial charge in [-0.05, 0) is 183 Å². The van der Waals surface area contributed by atoms with Gasteiger partial charge in [0.25, 0.3) is 0 Å². The maximum absolute atomic E-state index is 14.8. The summed E-state index contributed by atoms with van der Waals surface area (Å²) >= 11 is 0. The van der Waals surface area contributed by atoms with E-state index in [4.69, 9.17) is 56.2 Å². The van der Waals surface area contributed by atoms with Crippen molar-refractivity contribution in [2.75, 3.05) is 25.0 Å². The van der Waals surface area contributed by atoms with Gasteiger partial charge in [-0.25, -0.2) is 69.5 Å². The summed E-state index contributed by atoms with van der Waals surface area (Å²) in [7, 11) is -32.7. The van der Waals surface area contributed by atoms with Crippen LogP contribution in [0.25, 0.3) is 0 Å². The minimum atomic E-state index is -4.82.